The maximum Gasteiger partial charge on any atom is 0.276 e. The molecule has 0 saturated heterocycles. The molecule has 0 aliphatic rings. The Morgan fingerprint density at radius 2 is 2.25 bits per heavy atom. The number of hydrogen-bond donors (Lipinski definition) is 0. The van der Waals surface area contributed by atoms with Crippen molar-refractivity contribution in [2.75, 3.05) is 0 Å². The van der Waals surface area contributed by atoms with Crippen molar-refractivity contribution in [2.45, 2.75) is 0 Å². The molecule has 0 amide bonds. The summed E-state index contributed by atoms with van der Waals surface area (Å²) in [4.78, 5) is 14.0. The molecular formula is C8H4BrClN4O2. The molecule has 0 saturated carbocycles. The van der Waals surface area contributed by atoms with Crippen molar-refractivity contribution in [3.63, 3.8) is 0 Å². The van der Waals surface area contributed by atoms with E-state index in [4.69, 9.17) is 11.6 Å². The Bertz CT molecular complexity index is 557. The van der Waals surface area contributed by atoms with Crippen LogP contribution in [0.3, 0.4) is 0 Å². The Morgan fingerprint density at radius 3 is 2.81 bits per heavy atom. The predicted molar refractivity (Wildman–Crippen MR) is 60.7 cm³/mol. The summed E-state index contributed by atoms with van der Waals surface area (Å²) >= 11 is 8.90. The fraction of sp³-hybridized carbons (Fsp3) is 0. The molecule has 2 aromatic heterocycles. The van der Waals surface area contributed by atoms with E-state index in [1.807, 2.05) is 0 Å². The largest absolute Gasteiger partial charge is 0.276 e. The van der Waals surface area contributed by atoms with Crippen LogP contribution in [0.4, 0.5) is 5.69 Å². The molecule has 0 fully saturated rings. The average molecular weight is 304 g/mol. The topological polar surface area (TPSA) is 73.8 Å². The first kappa shape index (κ1) is 11.0. The lowest BCUT2D eigenvalue weighted by atomic mass is 10.4. The van der Waals surface area contributed by atoms with E-state index >= 15 is 0 Å². The molecule has 0 aromatic carbocycles. The van der Waals surface area contributed by atoms with Crippen molar-refractivity contribution in [1.29, 1.82) is 0 Å². The molecule has 0 N–H and O–H groups in total. The standard InChI is InChI=1S/C8H4BrClN4O2/c9-5-3-11-13(4-5)8-2-6(14(15)16)1-7(10)12-8/h1-4H. The van der Waals surface area contributed by atoms with Gasteiger partial charge in [-0.15, -0.1) is 0 Å². The molecule has 2 rings (SSSR count). The molecule has 82 valence electrons. The molecule has 0 unspecified atom stereocenters. The first-order valence-corrected chi connectivity index (χ1v) is 5.26. The zero-order valence-electron chi connectivity index (χ0n) is 7.67. The SMILES string of the molecule is O=[N+]([O-])c1cc(Cl)nc(-n2cc(Br)cn2)c1. The van der Waals surface area contributed by atoms with E-state index < -0.39 is 4.92 Å². The Labute approximate surface area is 103 Å². The zero-order valence-corrected chi connectivity index (χ0v) is 10.0. The summed E-state index contributed by atoms with van der Waals surface area (Å²) in [7, 11) is 0. The summed E-state index contributed by atoms with van der Waals surface area (Å²) < 4.78 is 2.14. The van der Waals surface area contributed by atoms with Gasteiger partial charge >= 0.3 is 0 Å². The van der Waals surface area contributed by atoms with Crippen LogP contribution in [0.2, 0.25) is 5.15 Å². The van der Waals surface area contributed by atoms with Crippen molar-refractivity contribution in [2.24, 2.45) is 0 Å². The average Bonchev–Trinajstić information content (AvgIpc) is 2.64. The number of pyridine rings is 1. The fourth-order valence-electron chi connectivity index (χ4n) is 1.12. The van der Waals surface area contributed by atoms with Crippen molar-refractivity contribution < 1.29 is 4.92 Å². The minimum Gasteiger partial charge on any atom is -0.258 e. The second-order valence-electron chi connectivity index (χ2n) is 2.87. The van der Waals surface area contributed by atoms with Gasteiger partial charge in [0.2, 0.25) is 0 Å². The van der Waals surface area contributed by atoms with Gasteiger partial charge in [0, 0.05) is 6.20 Å². The lowest BCUT2D eigenvalue weighted by Crippen LogP contribution is -1.99. The predicted octanol–water partition coefficient (Wildman–Crippen LogP) is 2.59. The lowest BCUT2D eigenvalue weighted by molar-refractivity contribution is -0.384. The van der Waals surface area contributed by atoms with E-state index in [1.165, 1.54) is 16.8 Å². The highest BCUT2D eigenvalue weighted by atomic mass is 79.9. The fourth-order valence-corrected chi connectivity index (χ4v) is 1.60. The maximum atomic E-state index is 10.6. The van der Waals surface area contributed by atoms with Crippen molar-refractivity contribution in [3.8, 4) is 5.82 Å². The molecule has 0 radical (unpaired) electrons. The molecule has 0 atom stereocenters. The first-order chi connectivity index (χ1) is 7.56. The molecular weight excluding hydrogens is 299 g/mol. The Balaban J connectivity index is 2.53. The summed E-state index contributed by atoms with van der Waals surface area (Å²) in [5.74, 6) is 0.296. The van der Waals surface area contributed by atoms with Gasteiger partial charge in [-0.05, 0) is 15.9 Å². The van der Waals surface area contributed by atoms with Crippen LogP contribution in [-0.4, -0.2) is 19.7 Å². The quantitative estimate of drug-likeness (QED) is 0.485. The summed E-state index contributed by atoms with van der Waals surface area (Å²) in [6.07, 6.45) is 3.18. The van der Waals surface area contributed by atoms with Crippen LogP contribution >= 0.6 is 27.5 Å². The number of nitro groups is 1. The van der Waals surface area contributed by atoms with E-state index in [9.17, 15) is 10.1 Å². The van der Waals surface area contributed by atoms with Crippen LogP contribution in [-0.2, 0) is 0 Å². The number of rotatable bonds is 2. The lowest BCUT2D eigenvalue weighted by Gasteiger charge is -2.00. The minimum atomic E-state index is -0.532. The van der Waals surface area contributed by atoms with Crippen LogP contribution in [0.25, 0.3) is 5.82 Å². The van der Waals surface area contributed by atoms with E-state index in [0.29, 0.717) is 5.82 Å². The van der Waals surface area contributed by atoms with Gasteiger partial charge in [-0.1, -0.05) is 11.6 Å². The summed E-state index contributed by atoms with van der Waals surface area (Å²) in [6.45, 7) is 0. The van der Waals surface area contributed by atoms with Crippen molar-refractivity contribution in [3.05, 3.63) is 44.3 Å². The molecule has 0 aliphatic heterocycles. The first-order valence-electron chi connectivity index (χ1n) is 4.09. The Morgan fingerprint density at radius 1 is 1.50 bits per heavy atom. The van der Waals surface area contributed by atoms with Gasteiger partial charge in [0.1, 0.15) is 5.15 Å². The maximum absolute atomic E-state index is 10.6. The van der Waals surface area contributed by atoms with Crippen LogP contribution in [0, 0.1) is 10.1 Å². The number of nitrogens with zero attached hydrogens (tertiary/aromatic N) is 4. The van der Waals surface area contributed by atoms with Gasteiger partial charge in [0.05, 0.1) is 27.7 Å². The minimum absolute atomic E-state index is 0.0517. The van der Waals surface area contributed by atoms with Gasteiger partial charge in [0.25, 0.3) is 5.69 Å². The summed E-state index contributed by atoms with van der Waals surface area (Å²) in [6, 6.07) is 2.48. The molecule has 0 aliphatic carbocycles. The third kappa shape index (κ3) is 2.20. The summed E-state index contributed by atoms with van der Waals surface area (Å²) in [5.41, 5.74) is -0.123. The molecule has 0 bridgehead atoms. The molecule has 16 heavy (non-hydrogen) atoms. The van der Waals surface area contributed by atoms with Crippen LogP contribution in [0.1, 0.15) is 0 Å². The van der Waals surface area contributed by atoms with E-state index in [2.05, 4.69) is 26.0 Å². The van der Waals surface area contributed by atoms with Crippen LogP contribution in [0.5, 0.6) is 0 Å². The zero-order chi connectivity index (χ0) is 11.7. The Hall–Kier alpha value is -1.47. The number of aromatic nitrogens is 3. The van der Waals surface area contributed by atoms with Crippen molar-refractivity contribution >= 4 is 33.2 Å². The molecule has 6 nitrogen and oxygen atoms in total. The second-order valence-corrected chi connectivity index (χ2v) is 4.17. The highest BCUT2D eigenvalue weighted by Crippen LogP contribution is 2.20. The van der Waals surface area contributed by atoms with Crippen LogP contribution < -0.4 is 0 Å². The van der Waals surface area contributed by atoms with Crippen molar-refractivity contribution in [1.82, 2.24) is 14.8 Å². The third-order valence-corrected chi connectivity index (χ3v) is 2.37. The monoisotopic (exact) mass is 302 g/mol. The van der Waals surface area contributed by atoms with E-state index in [1.54, 1.807) is 12.4 Å². The summed E-state index contributed by atoms with van der Waals surface area (Å²) in [5, 5.41) is 14.6. The molecule has 8 heteroatoms. The smallest absolute Gasteiger partial charge is 0.258 e. The normalized spacial score (nSPS) is 10.4. The molecule has 2 heterocycles. The van der Waals surface area contributed by atoms with Gasteiger partial charge in [0.15, 0.2) is 5.82 Å². The molecule has 0 spiro atoms. The van der Waals surface area contributed by atoms with Gasteiger partial charge < -0.3 is 0 Å². The Kier molecular flexibility index (Phi) is 2.88. The third-order valence-electron chi connectivity index (χ3n) is 1.76. The van der Waals surface area contributed by atoms with Gasteiger partial charge in [-0.25, -0.2) is 9.67 Å². The van der Waals surface area contributed by atoms with Gasteiger partial charge in [-0.3, -0.25) is 10.1 Å². The second kappa shape index (κ2) is 4.18. The van der Waals surface area contributed by atoms with E-state index in [-0.39, 0.29) is 10.8 Å². The number of hydrogen-bond acceptors (Lipinski definition) is 4. The highest BCUT2D eigenvalue weighted by molar-refractivity contribution is 9.10. The van der Waals surface area contributed by atoms with E-state index in [0.717, 1.165) is 4.47 Å². The van der Waals surface area contributed by atoms with Gasteiger partial charge in [-0.2, -0.15) is 5.10 Å². The highest BCUT2D eigenvalue weighted by Gasteiger charge is 2.11. The number of halogens is 2. The molecule has 2 aromatic rings. The van der Waals surface area contributed by atoms with Crippen LogP contribution in [0.15, 0.2) is 29.0 Å².